The van der Waals surface area contributed by atoms with Crippen LogP contribution in [0.4, 0.5) is 11.5 Å². The summed E-state index contributed by atoms with van der Waals surface area (Å²) < 4.78 is 5.67. The van der Waals surface area contributed by atoms with Gasteiger partial charge in [-0.05, 0) is 38.2 Å². The number of fused-ring (bicyclic) bond motifs is 3. The molecule has 1 saturated carbocycles. The number of rotatable bonds is 4. The van der Waals surface area contributed by atoms with E-state index in [1.807, 2.05) is 6.07 Å². The van der Waals surface area contributed by atoms with E-state index >= 15 is 0 Å². The number of hydrogen-bond acceptors (Lipinski definition) is 6. The molecule has 1 aromatic carbocycles. The molecule has 1 aliphatic heterocycles. The first-order chi connectivity index (χ1) is 12.3. The van der Waals surface area contributed by atoms with Crippen molar-refractivity contribution in [3.63, 3.8) is 0 Å². The molecule has 0 radical (unpaired) electrons. The SMILES string of the molecule is CCCCOc1nnc2c(n1)NC1(CCCCC1)Nc1ccccc1-2. The lowest BCUT2D eigenvalue weighted by atomic mass is 9.88. The van der Waals surface area contributed by atoms with Gasteiger partial charge in [-0.2, -0.15) is 4.98 Å². The number of aromatic nitrogens is 3. The standard InChI is InChI=1S/C19H25N5O/c1-2-3-13-25-18-20-17-16(23-24-18)14-9-5-6-10-15(14)21-19(22-17)11-7-4-8-12-19/h5-6,9-10,21H,2-4,7-8,11-13H2,1H3,(H,20,22,24). The molecule has 4 rings (SSSR count). The van der Waals surface area contributed by atoms with Gasteiger partial charge in [-0.15, -0.1) is 5.10 Å². The highest BCUT2D eigenvalue weighted by molar-refractivity contribution is 5.84. The molecule has 6 nitrogen and oxygen atoms in total. The summed E-state index contributed by atoms with van der Waals surface area (Å²) in [5, 5.41) is 16.0. The Morgan fingerprint density at radius 1 is 1.08 bits per heavy atom. The van der Waals surface area contributed by atoms with Crippen LogP contribution in [0.3, 0.4) is 0 Å². The van der Waals surface area contributed by atoms with E-state index in [1.54, 1.807) is 0 Å². The Balaban J connectivity index is 1.73. The fourth-order valence-corrected chi connectivity index (χ4v) is 3.67. The van der Waals surface area contributed by atoms with Gasteiger partial charge in [0.15, 0.2) is 5.82 Å². The van der Waals surface area contributed by atoms with Crippen molar-refractivity contribution in [2.75, 3.05) is 17.2 Å². The van der Waals surface area contributed by atoms with Crippen molar-refractivity contribution in [1.29, 1.82) is 0 Å². The van der Waals surface area contributed by atoms with Crippen molar-refractivity contribution in [3.05, 3.63) is 24.3 Å². The van der Waals surface area contributed by atoms with Gasteiger partial charge in [-0.3, -0.25) is 0 Å². The van der Waals surface area contributed by atoms with E-state index in [0.717, 1.165) is 48.4 Å². The molecule has 0 unspecified atom stereocenters. The molecule has 2 heterocycles. The average molecular weight is 339 g/mol. The Morgan fingerprint density at radius 3 is 2.76 bits per heavy atom. The summed E-state index contributed by atoms with van der Waals surface area (Å²) in [7, 11) is 0. The zero-order valence-electron chi connectivity index (χ0n) is 14.7. The number of ether oxygens (including phenoxy) is 1. The number of unbranched alkanes of at least 4 members (excludes halogenated alkanes) is 1. The van der Waals surface area contributed by atoms with E-state index in [1.165, 1.54) is 19.3 Å². The van der Waals surface area contributed by atoms with Gasteiger partial charge < -0.3 is 15.4 Å². The summed E-state index contributed by atoms with van der Waals surface area (Å²) in [4.78, 5) is 4.65. The quantitative estimate of drug-likeness (QED) is 0.813. The summed E-state index contributed by atoms with van der Waals surface area (Å²) in [5.74, 6) is 0.765. The third-order valence-corrected chi connectivity index (χ3v) is 5.02. The van der Waals surface area contributed by atoms with Crippen LogP contribution in [0, 0.1) is 0 Å². The van der Waals surface area contributed by atoms with Crippen molar-refractivity contribution in [2.45, 2.75) is 57.5 Å². The van der Waals surface area contributed by atoms with Gasteiger partial charge in [-0.1, -0.05) is 43.1 Å². The van der Waals surface area contributed by atoms with Crippen molar-refractivity contribution in [1.82, 2.24) is 15.2 Å². The molecule has 25 heavy (non-hydrogen) atoms. The molecule has 0 amide bonds. The zero-order valence-corrected chi connectivity index (χ0v) is 14.7. The van der Waals surface area contributed by atoms with E-state index in [2.05, 4.69) is 50.9 Å². The van der Waals surface area contributed by atoms with Gasteiger partial charge in [0, 0.05) is 11.3 Å². The third kappa shape index (κ3) is 3.25. The van der Waals surface area contributed by atoms with Gasteiger partial charge in [0.1, 0.15) is 11.4 Å². The van der Waals surface area contributed by atoms with Crippen molar-refractivity contribution in [2.24, 2.45) is 0 Å². The molecule has 2 N–H and O–H groups in total. The topological polar surface area (TPSA) is 72.0 Å². The lowest BCUT2D eigenvalue weighted by Gasteiger charge is -2.39. The van der Waals surface area contributed by atoms with Gasteiger partial charge >= 0.3 is 6.01 Å². The van der Waals surface area contributed by atoms with E-state index < -0.39 is 0 Å². The van der Waals surface area contributed by atoms with Gasteiger partial charge in [0.25, 0.3) is 0 Å². The Hall–Kier alpha value is -2.37. The number of nitrogens with one attached hydrogen (secondary N) is 2. The molecule has 1 fully saturated rings. The Labute approximate surface area is 148 Å². The highest BCUT2D eigenvalue weighted by Gasteiger charge is 2.36. The number of nitrogens with zero attached hydrogens (tertiary/aromatic N) is 3. The van der Waals surface area contributed by atoms with Gasteiger partial charge in [-0.25, -0.2) is 0 Å². The number of para-hydroxylation sites is 1. The maximum absolute atomic E-state index is 5.67. The third-order valence-electron chi connectivity index (χ3n) is 5.02. The maximum atomic E-state index is 5.67. The Kier molecular flexibility index (Phi) is 4.42. The molecule has 0 bridgehead atoms. The second-order valence-electron chi connectivity index (χ2n) is 6.93. The van der Waals surface area contributed by atoms with Crippen LogP contribution in [0.1, 0.15) is 51.9 Å². The molecule has 0 atom stereocenters. The summed E-state index contributed by atoms with van der Waals surface area (Å²) in [5.41, 5.74) is 2.74. The highest BCUT2D eigenvalue weighted by Crippen LogP contribution is 2.41. The van der Waals surface area contributed by atoms with E-state index in [4.69, 9.17) is 4.74 Å². The van der Waals surface area contributed by atoms with E-state index in [-0.39, 0.29) is 5.66 Å². The fraction of sp³-hybridized carbons (Fsp3) is 0.526. The molecular weight excluding hydrogens is 314 g/mol. The normalized spacial score (nSPS) is 17.6. The van der Waals surface area contributed by atoms with Gasteiger partial charge in [0.2, 0.25) is 0 Å². The van der Waals surface area contributed by atoms with Crippen molar-refractivity contribution in [3.8, 4) is 17.3 Å². The smallest absolute Gasteiger partial charge is 0.337 e. The number of benzene rings is 1. The van der Waals surface area contributed by atoms with Crippen LogP contribution >= 0.6 is 0 Å². The second-order valence-corrected chi connectivity index (χ2v) is 6.93. The molecule has 0 saturated heterocycles. The van der Waals surface area contributed by atoms with Crippen LogP contribution in [-0.4, -0.2) is 27.5 Å². The van der Waals surface area contributed by atoms with Crippen LogP contribution in [0.5, 0.6) is 6.01 Å². The van der Waals surface area contributed by atoms with Crippen LogP contribution in [0.15, 0.2) is 24.3 Å². The molecule has 1 spiro atoms. The van der Waals surface area contributed by atoms with Crippen molar-refractivity contribution >= 4 is 11.5 Å². The predicted octanol–water partition coefficient (Wildman–Crippen LogP) is 4.22. The lowest BCUT2D eigenvalue weighted by Crippen LogP contribution is -2.47. The fourth-order valence-electron chi connectivity index (χ4n) is 3.67. The second kappa shape index (κ2) is 6.86. The minimum Gasteiger partial charge on any atom is -0.462 e. The maximum Gasteiger partial charge on any atom is 0.337 e. The average Bonchev–Trinajstić information content (AvgIpc) is 2.76. The first kappa shape index (κ1) is 16.1. The van der Waals surface area contributed by atoms with E-state index in [0.29, 0.717) is 12.6 Å². The summed E-state index contributed by atoms with van der Waals surface area (Å²) in [6, 6.07) is 8.60. The Morgan fingerprint density at radius 2 is 1.92 bits per heavy atom. The monoisotopic (exact) mass is 339 g/mol. The van der Waals surface area contributed by atoms with Crippen LogP contribution in [0.25, 0.3) is 11.3 Å². The lowest BCUT2D eigenvalue weighted by molar-refractivity contribution is 0.281. The zero-order chi connectivity index (χ0) is 17.1. The van der Waals surface area contributed by atoms with Crippen molar-refractivity contribution < 1.29 is 4.74 Å². The molecule has 2 aromatic rings. The van der Waals surface area contributed by atoms with E-state index in [9.17, 15) is 0 Å². The minimum absolute atomic E-state index is 0.170. The molecule has 132 valence electrons. The molecule has 1 aliphatic carbocycles. The minimum atomic E-state index is -0.170. The highest BCUT2D eigenvalue weighted by atomic mass is 16.5. The predicted molar refractivity (Wildman–Crippen MR) is 98.7 cm³/mol. The number of anilines is 2. The largest absolute Gasteiger partial charge is 0.462 e. The number of hydrogen-bond donors (Lipinski definition) is 2. The van der Waals surface area contributed by atoms with Gasteiger partial charge in [0.05, 0.1) is 6.61 Å². The summed E-state index contributed by atoms with van der Waals surface area (Å²) in [6.07, 6.45) is 7.89. The molecule has 1 aromatic heterocycles. The summed E-state index contributed by atoms with van der Waals surface area (Å²) >= 11 is 0. The summed E-state index contributed by atoms with van der Waals surface area (Å²) in [6.45, 7) is 2.76. The molecule has 2 aliphatic rings. The Bertz CT molecular complexity index is 742. The van der Waals surface area contributed by atoms with Crippen LogP contribution in [-0.2, 0) is 0 Å². The first-order valence-electron chi connectivity index (χ1n) is 9.33. The van der Waals surface area contributed by atoms with Crippen LogP contribution in [0.2, 0.25) is 0 Å². The molecular formula is C19H25N5O. The molecule has 6 heteroatoms. The first-order valence-corrected chi connectivity index (χ1v) is 9.33. The van der Waals surface area contributed by atoms with Crippen LogP contribution < -0.4 is 15.4 Å².